The number of hydrogen-bond acceptors (Lipinski definition) is 7. The van der Waals surface area contributed by atoms with E-state index in [1.54, 1.807) is 36.4 Å². The van der Waals surface area contributed by atoms with Gasteiger partial charge in [0, 0.05) is 44.5 Å². The van der Waals surface area contributed by atoms with Gasteiger partial charge < -0.3 is 0 Å². The van der Waals surface area contributed by atoms with Crippen LogP contribution in [0.3, 0.4) is 0 Å². The molecule has 0 saturated heterocycles. The number of fused-ring (bicyclic) bond motifs is 2. The van der Waals surface area contributed by atoms with Crippen LogP contribution in [0.5, 0.6) is 0 Å². The van der Waals surface area contributed by atoms with Crippen molar-refractivity contribution in [2.24, 2.45) is 0 Å². The minimum atomic E-state index is -4.75. The van der Waals surface area contributed by atoms with Gasteiger partial charge in [-0.3, -0.25) is 0 Å². The van der Waals surface area contributed by atoms with Gasteiger partial charge in [-0.2, -0.15) is 50.0 Å². The Morgan fingerprint density at radius 2 is 0.870 bits per heavy atom. The van der Waals surface area contributed by atoms with Gasteiger partial charge in [-0.25, -0.2) is 8.78 Å². The number of benzene rings is 3. The van der Waals surface area contributed by atoms with Crippen molar-refractivity contribution in [3.8, 4) is 42.5 Å². The fourth-order valence-corrected chi connectivity index (χ4v) is 5.49. The van der Waals surface area contributed by atoms with E-state index >= 15 is 8.78 Å². The highest BCUT2D eigenvalue weighted by Gasteiger charge is 2.44. The SMILES string of the molecule is N#CC(C#N)=C1C(c2ccc(C#N)cc2)=C(C#N)c2c(F)c3c(c(F)c21)C(C#N)=C(c1ccc(C(F)(F)F)cc1)C3=C(C#N)C#N. The first-order chi connectivity index (χ1) is 22.0. The first-order valence-corrected chi connectivity index (χ1v) is 12.7. The van der Waals surface area contributed by atoms with Gasteiger partial charge in [0.25, 0.3) is 0 Å². The molecule has 0 amide bonds. The molecule has 3 aromatic carbocycles. The van der Waals surface area contributed by atoms with Crippen LogP contribution < -0.4 is 0 Å². The standard InChI is InChI=1S/C34H8F5N7/c35-32-28-22(14-45)24(17-3-1-16(9-40)2-4-17)26(19(10-41)11-42)30(28)33(36)29-23(15-46)25(27(31(29)32)20(12-43)13-44)18-5-7-21(8-6-18)34(37,38)39/h1-8H. The molecular formula is C34H8F5N7. The third kappa shape index (κ3) is 4.27. The Hall–Kier alpha value is -7.30. The summed E-state index contributed by atoms with van der Waals surface area (Å²) in [5, 5.41) is 68.8. The molecule has 2 aliphatic carbocycles. The van der Waals surface area contributed by atoms with E-state index in [2.05, 4.69) is 0 Å². The molecule has 0 spiro atoms. The van der Waals surface area contributed by atoms with Crippen molar-refractivity contribution in [2.75, 3.05) is 0 Å². The normalized spacial score (nSPS) is 12.9. The second-order valence-corrected chi connectivity index (χ2v) is 9.56. The molecule has 0 saturated carbocycles. The van der Waals surface area contributed by atoms with Crippen molar-refractivity contribution in [3.63, 3.8) is 0 Å². The van der Waals surface area contributed by atoms with E-state index in [9.17, 15) is 50.0 Å². The van der Waals surface area contributed by atoms with E-state index in [0.717, 1.165) is 12.1 Å². The van der Waals surface area contributed by atoms with Crippen molar-refractivity contribution in [1.29, 1.82) is 36.8 Å². The Bertz CT molecular complexity index is 2330. The Labute approximate surface area is 256 Å². The van der Waals surface area contributed by atoms with Crippen LogP contribution in [0, 0.1) is 91.0 Å². The smallest absolute Gasteiger partial charge is 0.206 e. The predicted molar refractivity (Wildman–Crippen MR) is 150 cm³/mol. The van der Waals surface area contributed by atoms with Crippen molar-refractivity contribution in [1.82, 2.24) is 0 Å². The molecule has 0 aromatic heterocycles. The summed E-state index contributed by atoms with van der Waals surface area (Å²) in [4.78, 5) is 0. The second-order valence-electron chi connectivity index (χ2n) is 9.56. The van der Waals surface area contributed by atoms with Crippen molar-refractivity contribution >= 4 is 33.4 Å². The predicted octanol–water partition coefficient (Wildman–Crippen LogP) is 7.35. The Morgan fingerprint density at radius 1 is 0.500 bits per heavy atom. The molecule has 0 atom stereocenters. The van der Waals surface area contributed by atoms with Crippen LogP contribution in [0.2, 0.25) is 0 Å². The lowest BCUT2D eigenvalue weighted by atomic mass is 9.88. The van der Waals surface area contributed by atoms with Crippen molar-refractivity contribution < 1.29 is 22.0 Å². The van der Waals surface area contributed by atoms with Gasteiger partial charge in [0.05, 0.1) is 28.3 Å². The summed E-state index contributed by atoms with van der Waals surface area (Å²) in [7, 11) is 0. The fourth-order valence-electron chi connectivity index (χ4n) is 5.49. The van der Waals surface area contributed by atoms with Crippen LogP contribution in [-0.4, -0.2) is 0 Å². The molecule has 5 rings (SSSR count). The lowest BCUT2D eigenvalue weighted by molar-refractivity contribution is -0.137. The molecule has 0 fully saturated rings. The average molecular weight is 609 g/mol. The number of halogens is 5. The molecule has 2 aliphatic rings. The third-order valence-corrected chi connectivity index (χ3v) is 7.35. The summed E-state index contributed by atoms with van der Waals surface area (Å²) in [5.41, 5.74) is -8.38. The average Bonchev–Trinajstić information content (AvgIpc) is 3.59. The highest BCUT2D eigenvalue weighted by Crippen LogP contribution is 2.57. The minimum Gasteiger partial charge on any atom is -0.206 e. The van der Waals surface area contributed by atoms with Crippen LogP contribution in [0.4, 0.5) is 22.0 Å². The van der Waals surface area contributed by atoms with Crippen molar-refractivity contribution in [3.05, 3.63) is 116 Å². The third-order valence-electron chi connectivity index (χ3n) is 7.35. The molecule has 7 nitrogen and oxygen atoms in total. The Morgan fingerprint density at radius 3 is 1.17 bits per heavy atom. The summed E-state index contributed by atoms with van der Waals surface area (Å²) in [5.74, 6) is -2.76. The summed E-state index contributed by atoms with van der Waals surface area (Å²) in [6.07, 6.45) is -4.75. The zero-order valence-corrected chi connectivity index (χ0v) is 22.6. The maximum atomic E-state index is 16.9. The van der Waals surface area contributed by atoms with E-state index in [0.29, 0.717) is 12.1 Å². The van der Waals surface area contributed by atoms with Gasteiger partial charge in [-0.1, -0.05) is 24.3 Å². The molecule has 0 radical (unpaired) electrons. The highest BCUT2D eigenvalue weighted by molar-refractivity contribution is 6.30. The second kappa shape index (κ2) is 11.1. The van der Waals surface area contributed by atoms with E-state index in [1.165, 1.54) is 24.3 Å². The van der Waals surface area contributed by atoms with Crippen LogP contribution >= 0.6 is 0 Å². The molecule has 0 N–H and O–H groups in total. The maximum Gasteiger partial charge on any atom is 0.416 e. The van der Waals surface area contributed by atoms with Gasteiger partial charge >= 0.3 is 6.18 Å². The first-order valence-electron chi connectivity index (χ1n) is 12.7. The van der Waals surface area contributed by atoms with Crippen LogP contribution in [0.25, 0.3) is 33.4 Å². The van der Waals surface area contributed by atoms with Gasteiger partial charge in [0.2, 0.25) is 0 Å². The van der Waals surface area contributed by atoms with E-state index < -0.39 is 84.6 Å². The lowest BCUT2D eigenvalue weighted by Gasteiger charge is -2.14. The van der Waals surface area contributed by atoms with Gasteiger partial charge in [0.15, 0.2) is 0 Å². The number of nitrogens with zero attached hydrogens (tertiary/aromatic N) is 7. The lowest BCUT2D eigenvalue weighted by Crippen LogP contribution is -2.05. The van der Waals surface area contributed by atoms with Gasteiger partial charge in [0.1, 0.15) is 59.2 Å². The summed E-state index contributed by atoms with van der Waals surface area (Å²) in [6.45, 7) is 0. The summed E-state index contributed by atoms with van der Waals surface area (Å²) >= 11 is 0. The zero-order chi connectivity index (χ0) is 33.5. The molecule has 46 heavy (non-hydrogen) atoms. The Kier molecular flexibility index (Phi) is 7.27. The van der Waals surface area contributed by atoms with E-state index in [-0.39, 0.29) is 22.3 Å². The quantitative estimate of drug-likeness (QED) is 0.216. The molecule has 12 heteroatoms. The largest absolute Gasteiger partial charge is 0.416 e. The summed E-state index contributed by atoms with van der Waals surface area (Å²) < 4.78 is 73.7. The van der Waals surface area contributed by atoms with Crippen LogP contribution in [0.15, 0.2) is 59.7 Å². The van der Waals surface area contributed by atoms with E-state index in [1.807, 2.05) is 6.07 Å². The molecular weight excluding hydrogens is 601 g/mol. The van der Waals surface area contributed by atoms with Crippen LogP contribution in [0.1, 0.15) is 44.5 Å². The number of rotatable bonds is 2. The topological polar surface area (TPSA) is 167 Å². The number of allylic oxidation sites excluding steroid dienone is 8. The number of nitriles is 7. The van der Waals surface area contributed by atoms with Gasteiger partial charge in [-0.15, -0.1) is 0 Å². The van der Waals surface area contributed by atoms with Crippen LogP contribution in [-0.2, 0) is 6.18 Å². The molecule has 0 unspecified atom stereocenters. The maximum absolute atomic E-state index is 16.9. The number of hydrogen-bond donors (Lipinski definition) is 0. The first kappa shape index (κ1) is 30.2. The Balaban J connectivity index is 1.97. The fraction of sp³-hybridized carbons (Fsp3) is 0.0294. The molecule has 3 aromatic rings. The van der Waals surface area contributed by atoms with Crippen molar-refractivity contribution in [2.45, 2.75) is 6.18 Å². The molecule has 0 bridgehead atoms. The van der Waals surface area contributed by atoms with E-state index in [4.69, 9.17) is 0 Å². The summed E-state index contributed by atoms with van der Waals surface area (Å²) in [6, 6.07) is 20.2. The molecule has 0 aliphatic heterocycles. The molecule has 214 valence electrons. The number of alkyl halides is 3. The highest BCUT2D eigenvalue weighted by atomic mass is 19.4. The zero-order valence-electron chi connectivity index (χ0n) is 22.6. The molecule has 0 heterocycles. The monoisotopic (exact) mass is 609 g/mol. The van der Waals surface area contributed by atoms with Gasteiger partial charge in [-0.05, 0) is 35.4 Å². The minimum absolute atomic E-state index is 0.107.